The van der Waals surface area contributed by atoms with Crippen molar-refractivity contribution in [3.63, 3.8) is 0 Å². The third kappa shape index (κ3) is 10.2. The van der Waals surface area contributed by atoms with Crippen LogP contribution in [0, 0.1) is 0 Å². The Balaban J connectivity index is 0.000000482. The summed E-state index contributed by atoms with van der Waals surface area (Å²) < 4.78 is 35.6. The number of aldehydes is 1. The molecule has 1 unspecified atom stereocenters. The van der Waals surface area contributed by atoms with E-state index in [4.69, 9.17) is 45.6 Å². The maximum absolute atomic E-state index is 11.7. The molecule has 2 heterocycles. The Morgan fingerprint density at radius 3 is 2.22 bits per heavy atom. The zero-order valence-corrected chi connectivity index (χ0v) is 20.3. The SMILES string of the molecule is N[C@@H](C=O)[C@@H](O)[C@H](O)[C@H](O)CO.O=c1ccn([C@@H]2O[C@H](COP(=O)(O)OP(=O)(O)O)[C@@H](O)[C@H]2O)c(=O)[nH]1. The predicted octanol–water partition coefficient (Wildman–Crippen LogP) is -6.03. The van der Waals surface area contributed by atoms with Crippen molar-refractivity contribution in [2.24, 2.45) is 5.73 Å². The van der Waals surface area contributed by atoms with Gasteiger partial charge in [-0.2, -0.15) is 4.31 Å². The number of aliphatic hydroxyl groups excluding tert-OH is 6. The van der Waals surface area contributed by atoms with Gasteiger partial charge in [-0.05, 0) is 0 Å². The summed E-state index contributed by atoms with van der Waals surface area (Å²) in [6.45, 7) is -1.61. The van der Waals surface area contributed by atoms with Crippen molar-refractivity contribution in [2.75, 3.05) is 13.2 Å². The molecule has 1 aromatic heterocycles. The van der Waals surface area contributed by atoms with E-state index in [-0.39, 0.29) is 6.29 Å². The van der Waals surface area contributed by atoms with E-state index < -0.39 is 89.0 Å². The smallest absolute Gasteiger partial charge is 0.394 e. The molecule has 0 bridgehead atoms. The van der Waals surface area contributed by atoms with Crippen LogP contribution in [0.3, 0.4) is 0 Å². The number of carbonyl (C=O) groups excluding carboxylic acids is 1. The third-order valence-electron chi connectivity index (χ3n) is 4.56. The molecule has 1 aliphatic rings. The summed E-state index contributed by atoms with van der Waals surface area (Å²) in [5, 5.41) is 54.9. The van der Waals surface area contributed by atoms with Gasteiger partial charge in [0.15, 0.2) is 6.23 Å². The van der Waals surface area contributed by atoms with Gasteiger partial charge in [0, 0.05) is 12.3 Å². The number of hydrogen-bond donors (Lipinski definition) is 11. The number of ether oxygens (including phenoxy) is 1. The number of nitrogens with one attached hydrogen (secondary N) is 1. The van der Waals surface area contributed by atoms with Gasteiger partial charge in [-0.3, -0.25) is 18.9 Å². The number of phosphoric ester groups is 1. The summed E-state index contributed by atoms with van der Waals surface area (Å²) in [5.41, 5.74) is 3.39. The van der Waals surface area contributed by atoms with Crippen LogP contribution in [-0.2, 0) is 27.5 Å². The number of aromatic nitrogens is 2. The minimum Gasteiger partial charge on any atom is -0.394 e. The molecule has 9 atom stereocenters. The monoisotopic (exact) mass is 583 g/mol. The van der Waals surface area contributed by atoms with Gasteiger partial charge in [0.25, 0.3) is 5.56 Å². The molecule has 12 N–H and O–H groups in total. The maximum atomic E-state index is 11.7. The maximum Gasteiger partial charge on any atom is 0.481 e. The van der Waals surface area contributed by atoms with Gasteiger partial charge in [-0.1, -0.05) is 0 Å². The highest BCUT2D eigenvalue weighted by Gasteiger charge is 2.45. The van der Waals surface area contributed by atoms with E-state index in [1.165, 1.54) is 0 Å². The van der Waals surface area contributed by atoms with Crippen molar-refractivity contribution >= 4 is 21.9 Å². The van der Waals surface area contributed by atoms with Crippen LogP contribution < -0.4 is 17.0 Å². The summed E-state index contributed by atoms with van der Waals surface area (Å²) in [6.07, 6.45) is -9.67. The Kier molecular flexibility index (Phi) is 12.5. The topological polar surface area (TPSA) is 342 Å². The fourth-order valence-corrected chi connectivity index (χ4v) is 4.29. The normalized spacial score (nSPS) is 26.8. The van der Waals surface area contributed by atoms with Crippen molar-refractivity contribution in [2.45, 2.75) is 48.9 Å². The Bertz CT molecular complexity index is 1090. The fourth-order valence-electron chi connectivity index (χ4n) is 2.69. The van der Waals surface area contributed by atoms with Gasteiger partial charge in [0.1, 0.15) is 42.9 Å². The van der Waals surface area contributed by atoms with E-state index in [2.05, 4.69) is 8.83 Å². The molecule has 37 heavy (non-hydrogen) atoms. The van der Waals surface area contributed by atoms with Crippen LogP contribution >= 0.6 is 15.6 Å². The van der Waals surface area contributed by atoms with E-state index in [0.717, 1.165) is 16.8 Å². The zero-order chi connectivity index (χ0) is 28.7. The van der Waals surface area contributed by atoms with Gasteiger partial charge in [0.2, 0.25) is 0 Å². The predicted molar refractivity (Wildman–Crippen MR) is 115 cm³/mol. The molecule has 20 nitrogen and oxygen atoms in total. The molecule has 22 heteroatoms. The largest absolute Gasteiger partial charge is 0.481 e. The molecule has 1 aliphatic heterocycles. The first-order chi connectivity index (χ1) is 16.9. The molecule has 214 valence electrons. The van der Waals surface area contributed by atoms with Gasteiger partial charge >= 0.3 is 21.3 Å². The van der Waals surface area contributed by atoms with Crippen LogP contribution in [-0.4, -0.2) is 117 Å². The molecule has 0 radical (unpaired) electrons. The zero-order valence-electron chi connectivity index (χ0n) is 18.5. The van der Waals surface area contributed by atoms with Gasteiger partial charge in [-0.15, -0.1) is 0 Å². The number of hydrogen-bond acceptors (Lipinski definition) is 15. The van der Waals surface area contributed by atoms with E-state index in [1.807, 2.05) is 4.98 Å². The molecule has 1 fully saturated rings. The van der Waals surface area contributed by atoms with Gasteiger partial charge in [-0.25, -0.2) is 13.9 Å². The molecule has 1 aromatic rings. The van der Waals surface area contributed by atoms with Crippen LogP contribution in [0.25, 0.3) is 0 Å². The van der Waals surface area contributed by atoms with E-state index >= 15 is 0 Å². The summed E-state index contributed by atoms with van der Waals surface area (Å²) >= 11 is 0. The molecule has 0 aliphatic carbocycles. The van der Waals surface area contributed by atoms with Crippen LogP contribution in [0.2, 0.25) is 0 Å². The lowest BCUT2D eigenvalue weighted by Crippen LogP contribution is -2.49. The lowest BCUT2D eigenvalue weighted by atomic mass is 10.0. The highest BCUT2D eigenvalue weighted by Crippen LogP contribution is 2.57. The van der Waals surface area contributed by atoms with Crippen LogP contribution in [0.15, 0.2) is 21.9 Å². The van der Waals surface area contributed by atoms with E-state index in [1.54, 1.807) is 0 Å². The Hall–Kier alpha value is -1.71. The minimum absolute atomic E-state index is 0.248. The van der Waals surface area contributed by atoms with Crippen LogP contribution in [0.4, 0.5) is 0 Å². The highest BCUT2D eigenvalue weighted by molar-refractivity contribution is 7.60. The highest BCUT2D eigenvalue weighted by atomic mass is 31.3. The Morgan fingerprint density at radius 2 is 1.73 bits per heavy atom. The van der Waals surface area contributed by atoms with Crippen molar-refractivity contribution in [3.8, 4) is 0 Å². The summed E-state index contributed by atoms with van der Waals surface area (Å²) in [4.78, 5) is 60.7. The average molecular weight is 583 g/mol. The molecular formula is C15H27N3O17P2. The van der Waals surface area contributed by atoms with Crippen molar-refractivity contribution < 1.29 is 72.8 Å². The molecule has 1 saturated heterocycles. The second-order valence-electron chi connectivity index (χ2n) is 7.34. The van der Waals surface area contributed by atoms with Crippen molar-refractivity contribution in [3.05, 3.63) is 33.1 Å². The molecule has 0 spiro atoms. The Labute approximate surface area is 206 Å². The van der Waals surface area contributed by atoms with Crippen LogP contribution in [0.1, 0.15) is 6.23 Å². The molecule has 2 rings (SSSR count). The molecule has 0 saturated carbocycles. The fraction of sp³-hybridized carbons (Fsp3) is 0.667. The number of nitrogens with zero attached hydrogens (tertiary/aromatic N) is 1. The molecule has 0 amide bonds. The third-order valence-corrected chi connectivity index (χ3v) is 6.71. The second kappa shape index (κ2) is 13.9. The second-order valence-corrected chi connectivity index (χ2v) is 10.2. The number of nitrogens with two attached hydrogens (primary N) is 1. The number of phosphoric acid groups is 2. The van der Waals surface area contributed by atoms with Crippen LogP contribution in [0.5, 0.6) is 0 Å². The van der Waals surface area contributed by atoms with Gasteiger partial charge < -0.3 is 60.6 Å². The molecule has 0 aromatic carbocycles. The Morgan fingerprint density at radius 1 is 1.14 bits per heavy atom. The first kappa shape index (κ1) is 33.3. The van der Waals surface area contributed by atoms with E-state index in [9.17, 15) is 33.7 Å². The summed E-state index contributed by atoms with van der Waals surface area (Å²) in [6, 6.07) is -0.301. The number of aliphatic hydroxyl groups is 6. The van der Waals surface area contributed by atoms with Crippen molar-refractivity contribution in [1.82, 2.24) is 9.55 Å². The summed E-state index contributed by atoms with van der Waals surface area (Å²) in [7, 11) is -10.5. The lowest BCUT2D eigenvalue weighted by Gasteiger charge is -2.23. The van der Waals surface area contributed by atoms with Gasteiger partial charge in [0.05, 0.1) is 19.3 Å². The number of aromatic amines is 1. The standard InChI is InChI=1S/C9H14N2O12P2.C6H13NO5/c12-5-1-2-11(9(15)10-5)8-7(14)6(13)4(22-8)3-21-25(19,20)23-24(16,17)18;7-3(1-8)5(11)6(12)4(10)2-9/h1-2,4,6-8,13-14H,3H2,(H,19,20)(H,10,12,15)(H2,16,17,18);1,3-6,9-12H,2,7H2/t4-,6-,7-,8-;3-,4+,5+,6+/m10/s1. The first-order valence-electron chi connectivity index (χ1n) is 9.87. The minimum atomic E-state index is -5.32. The number of rotatable bonds is 11. The van der Waals surface area contributed by atoms with Crippen molar-refractivity contribution in [1.29, 1.82) is 0 Å². The lowest BCUT2D eigenvalue weighted by molar-refractivity contribution is -0.118. The number of H-pyrrole nitrogens is 1. The molecular weight excluding hydrogens is 556 g/mol. The summed E-state index contributed by atoms with van der Waals surface area (Å²) in [5.74, 6) is 0. The average Bonchev–Trinajstić information content (AvgIpc) is 3.08. The number of carbonyl (C=O) groups is 1. The quantitative estimate of drug-likeness (QED) is 0.0852. The first-order valence-corrected chi connectivity index (χ1v) is 12.9. The van der Waals surface area contributed by atoms with E-state index in [0.29, 0.717) is 0 Å².